The number of pyridine rings is 1. The molecule has 3 heterocycles. The van der Waals surface area contributed by atoms with Gasteiger partial charge in [-0.25, -0.2) is 0 Å². The highest BCUT2D eigenvalue weighted by Gasteiger charge is 2.30. The normalized spacial score (nSPS) is 21.5. The van der Waals surface area contributed by atoms with E-state index in [1.165, 1.54) is 22.1 Å². The lowest BCUT2D eigenvalue weighted by Crippen LogP contribution is -2.32. The van der Waals surface area contributed by atoms with E-state index in [1.54, 1.807) is 29.6 Å². The Bertz CT molecular complexity index is 1430. The number of rotatable bonds is 2. The van der Waals surface area contributed by atoms with Gasteiger partial charge in [-0.05, 0) is 55.2 Å². The fraction of sp³-hybridized carbons (Fsp3) is 0.286. The van der Waals surface area contributed by atoms with Crippen molar-refractivity contribution < 1.29 is 13.5 Å². The minimum atomic E-state index is -4.03. The van der Waals surface area contributed by atoms with Crippen LogP contribution in [-0.2, 0) is 10.0 Å². The van der Waals surface area contributed by atoms with E-state index in [2.05, 4.69) is 21.7 Å². The molecule has 1 saturated carbocycles. The van der Waals surface area contributed by atoms with E-state index >= 15 is 0 Å². The van der Waals surface area contributed by atoms with Crippen LogP contribution in [0, 0.1) is 5.92 Å². The van der Waals surface area contributed by atoms with E-state index in [1.807, 2.05) is 0 Å². The van der Waals surface area contributed by atoms with Crippen molar-refractivity contribution in [2.75, 3.05) is 5.32 Å². The highest BCUT2D eigenvalue weighted by molar-refractivity contribution is 7.90. The lowest BCUT2D eigenvalue weighted by atomic mass is 9.89. The van der Waals surface area contributed by atoms with Gasteiger partial charge in [-0.2, -0.15) is 18.2 Å². The van der Waals surface area contributed by atoms with E-state index in [0.29, 0.717) is 21.8 Å². The fourth-order valence-electron chi connectivity index (χ4n) is 4.11. The highest BCUT2D eigenvalue weighted by atomic mass is 32.2. The minimum Gasteiger partial charge on any atom is -0.505 e. The summed E-state index contributed by atoms with van der Waals surface area (Å²) < 4.78 is 30.9. The number of fused-ring (bicyclic) bond motifs is 2. The van der Waals surface area contributed by atoms with Crippen molar-refractivity contribution in [3.05, 3.63) is 51.6 Å². The molecule has 31 heavy (non-hydrogen) atoms. The number of anilines is 1. The van der Waals surface area contributed by atoms with Gasteiger partial charge in [0.2, 0.25) is 0 Å². The zero-order chi connectivity index (χ0) is 21.8. The van der Waals surface area contributed by atoms with Crippen molar-refractivity contribution in [3.8, 4) is 5.75 Å². The van der Waals surface area contributed by atoms with Gasteiger partial charge < -0.3 is 10.4 Å². The van der Waals surface area contributed by atoms with Crippen molar-refractivity contribution in [3.63, 3.8) is 0 Å². The van der Waals surface area contributed by atoms with Crippen LogP contribution in [0.5, 0.6) is 5.75 Å². The van der Waals surface area contributed by atoms with Crippen LogP contribution in [0.25, 0.3) is 10.2 Å². The molecule has 1 aliphatic heterocycles. The van der Waals surface area contributed by atoms with Gasteiger partial charge in [0, 0.05) is 5.71 Å². The Labute approximate surface area is 182 Å². The summed E-state index contributed by atoms with van der Waals surface area (Å²) in [5.74, 6) is -0.0180. The zero-order valence-electron chi connectivity index (χ0n) is 16.7. The fourth-order valence-corrected chi connectivity index (χ4v) is 6.05. The van der Waals surface area contributed by atoms with E-state index in [0.717, 1.165) is 31.4 Å². The maximum Gasteiger partial charge on any atom is 0.286 e. The molecule has 8 nitrogen and oxygen atoms in total. The van der Waals surface area contributed by atoms with Gasteiger partial charge in [-0.1, -0.05) is 19.1 Å². The van der Waals surface area contributed by atoms with Gasteiger partial charge in [-0.3, -0.25) is 4.79 Å². The third-order valence-corrected chi connectivity index (χ3v) is 7.83. The largest absolute Gasteiger partial charge is 0.505 e. The summed E-state index contributed by atoms with van der Waals surface area (Å²) in [6, 6.07) is 8.03. The van der Waals surface area contributed by atoms with Crippen LogP contribution in [0.1, 0.15) is 38.2 Å². The summed E-state index contributed by atoms with van der Waals surface area (Å²) in [4.78, 5) is 13.5. The van der Waals surface area contributed by atoms with Gasteiger partial charge in [-0.15, -0.1) is 15.7 Å². The summed E-state index contributed by atoms with van der Waals surface area (Å²) in [5.41, 5.74) is 0.885. The molecule has 0 radical (unpaired) electrons. The summed E-state index contributed by atoms with van der Waals surface area (Å²) in [6.45, 7) is 2.16. The van der Waals surface area contributed by atoms with E-state index in [4.69, 9.17) is 0 Å². The Kier molecular flexibility index (Phi) is 4.71. The molecule has 0 bridgehead atoms. The average molecular weight is 457 g/mol. The van der Waals surface area contributed by atoms with Crippen LogP contribution in [0.4, 0.5) is 5.69 Å². The second-order valence-corrected chi connectivity index (χ2v) is 10.4. The molecule has 0 spiro atoms. The molecule has 2 N–H and O–H groups in total. The van der Waals surface area contributed by atoms with Gasteiger partial charge in [0.1, 0.15) is 10.5 Å². The van der Waals surface area contributed by atoms with Crippen LogP contribution in [-0.4, -0.2) is 29.7 Å². The molecule has 2 aliphatic rings. The number of hydrogen-bond donors (Lipinski definition) is 2. The zero-order valence-corrected chi connectivity index (χ0v) is 18.3. The predicted octanol–water partition coefficient (Wildman–Crippen LogP) is 3.74. The molecule has 0 saturated heterocycles. The number of para-hydroxylation sites is 1. The monoisotopic (exact) mass is 456 g/mol. The molecule has 1 atom stereocenters. The molecule has 1 aliphatic carbocycles. The van der Waals surface area contributed by atoms with E-state index < -0.39 is 15.6 Å². The van der Waals surface area contributed by atoms with Gasteiger partial charge >= 0.3 is 0 Å². The first-order chi connectivity index (χ1) is 14.8. The van der Waals surface area contributed by atoms with Crippen molar-refractivity contribution in [2.45, 2.75) is 37.5 Å². The lowest BCUT2D eigenvalue weighted by Gasteiger charge is -2.21. The quantitative estimate of drug-likeness (QED) is 0.610. The molecule has 160 valence electrons. The Morgan fingerprint density at radius 1 is 1.29 bits per heavy atom. The maximum atomic E-state index is 13.5. The second-order valence-electron chi connectivity index (χ2n) is 7.88. The Morgan fingerprint density at radius 3 is 2.90 bits per heavy atom. The number of benzene rings is 1. The molecular formula is C21H20N4O4S2. The second kappa shape index (κ2) is 7.31. The SMILES string of the molecule is C[C@@H]1CCCC(=Nn2c(=O)c(C3=NS(=O)(=O)c4ccccc4N3)c(O)c3sccc32)C1. The molecular weight excluding hydrogens is 436 g/mol. The summed E-state index contributed by atoms with van der Waals surface area (Å²) in [7, 11) is -4.03. The molecule has 3 aromatic rings. The maximum absolute atomic E-state index is 13.5. The van der Waals surface area contributed by atoms with Crippen molar-refractivity contribution in [1.82, 2.24) is 4.68 Å². The van der Waals surface area contributed by atoms with Crippen molar-refractivity contribution in [1.29, 1.82) is 0 Å². The first-order valence-corrected chi connectivity index (χ1v) is 12.3. The van der Waals surface area contributed by atoms with Crippen LogP contribution < -0.4 is 10.9 Å². The van der Waals surface area contributed by atoms with Crippen LogP contribution in [0.3, 0.4) is 0 Å². The highest BCUT2D eigenvalue weighted by Crippen LogP contribution is 2.34. The van der Waals surface area contributed by atoms with E-state index in [-0.39, 0.29) is 22.0 Å². The summed E-state index contributed by atoms with van der Waals surface area (Å²) in [5, 5.41) is 20.2. The third-order valence-electron chi connectivity index (χ3n) is 5.58. The number of amidine groups is 1. The smallest absolute Gasteiger partial charge is 0.286 e. The first kappa shape index (κ1) is 20.0. The predicted molar refractivity (Wildman–Crippen MR) is 122 cm³/mol. The molecule has 1 aromatic carbocycles. The number of aromatic hydroxyl groups is 1. The molecule has 10 heteroatoms. The van der Waals surface area contributed by atoms with Crippen molar-refractivity contribution in [2.24, 2.45) is 15.4 Å². The number of nitrogens with zero attached hydrogens (tertiary/aromatic N) is 3. The lowest BCUT2D eigenvalue weighted by molar-refractivity contribution is 0.478. The van der Waals surface area contributed by atoms with Crippen LogP contribution in [0.15, 0.2) is 54.9 Å². The minimum absolute atomic E-state index is 0.0206. The number of nitrogens with one attached hydrogen (secondary N) is 1. The third kappa shape index (κ3) is 3.35. The standard InChI is InChI=1S/C21H20N4O4S2/c1-12-5-4-6-13(11-12)23-25-15-9-10-30-19(15)18(26)17(21(25)27)20-22-14-7-2-3-8-16(14)31(28,29)24-20/h2-3,7-10,12,26H,4-6,11H2,1H3,(H,22,24)/t12-/m1/s1. The van der Waals surface area contributed by atoms with Gasteiger partial charge in [0.15, 0.2) is 11.6 Å². The number of aromatic nitrogens is 1. The average Bonchev–Trinajstić information content (AvgIpc) is 3.21. The first-order valence-electron chi connectivity index (χ1n) is 9.98. The van der Waals surface area contributed by atoms with Crippen LogP contribution in [0.2, 0.25) is 0 Å². The Hall–Kier alpha value is -2.98. The number of thiophene rings is 1. The number of hydrogen-bond acceptors (Lipinski definition) is 7. The molecule has 5 rings (SSSR count). The van der Waals surface area contributed by atoms with Gasteiger partial charge in [0.25, 0.3) is 15.6 Å². The Balaban J connectivity index is 1.74. The van der Waals surface area contributed by atoms with Crippen molar-refractivity contribution >= 4 is 48.8 Å². The van der Waals surface area contributed by atoms with Crippen LogP contribution >= 0.6 is 11.3 Å². The van der Waals surface area contributed by atoms with Gasteiger partial charge in [0.05, 0.1) is 15.9 Å². The molecule has 0 unspecified atom stereocenters. The molecule has 1 fully saturated rings. The topological polar surface area (TPSA) is 113 Å². The van der Waals surface area contributed by atoms with E-state index in [9.17, 15) is 18.3 Å². The Morgan fingerprint density at radius 2 is 2.10 bits per heavy atom. The summed E-state index contributed by atoms with van der Waals surface area (Å²) in [6.07, 6.45) is 3.74. The summed E-state index contributed by atoms with van der Waals surface area (Å²) >= 11 is 1.25. The number of sulfonamides is 1. The molecule has 0 amide bonds. The molecule has 2 aromatic heterocycles.